The molecule has 0 aliphatic carbocycles. The SMILES string of the molecule is CC(C)c1ccc(S(=O)(=O)N2CCC(C(=O)OCC(N)=O)CC2)cc1. The number of primary amides is 1. The maximum atomic E-state index is 12.7. The summed E-state index contributed by atoms with van der Waals surface area (Å²) < 4.78 is 31.6. The number of sulfonamides is 1. The number of nitrogens with two attached hydrogens (primary N) is 1. The first-order valence-corrected chi connectivity index (χ1v) is 9.71. The monoisotopic (exact) mass is 368 g/mol. The predicted molar refractivity (Wildman–Crippen MR) is 92.2 cm³/mol. The number of benzene rings is 1. The third-order valence-corrected chi connectivity index (χ3v) is 6.24. The number of esters is 1. The minimum Gasteiger partial charge on any atom is -0.455 e. The van der Waals surface area contributed by atoms with Crippen LogP contribution >= 0.6 is 0 Å². The van der Waals surface area contributed by atoms with Crippen molar-refractivity contribution in [2.24, 2.45) is 11.7 Å². The Morgan fingerprint density at radius 3 is 2.24 bits per heavy atom. The molecule has 0 radical (unpaired) electrons. The van der Waals surface area contributed by atoms with Crippen LogP contribution < -0.4 is 5.73 Å². The van der Waals surface area contributed by atoms with Crippen LogP contribution in [0.1, 0.15) is 38.2 Å². The Morgan fingerprint density at radius 2 is 1.76 bits per heavy atom. The second-order valence-corrected chi connectivity index (χ2v) is 8.41. The zero-order valence-electron chi connectivity index (χ0n) is 14.5. The van der Waals surface area contributed by atoms with Crippen molar-refractivity contribution in [2.75, 3.05) is 19.7 Å². The number of hydrogen-bond acceptors (Lipinski definition) is 5. The second-order valence-electron chi connectivity index (χ2n) is 6.48. The molecule has 0 bridgehead atoms. The molecule has 0 aromatic heterocycles. The van der Waals surface area contributed by atoms with Gasteiger partial charge in [0.1, 0.15) is 0 Å². The summed E-state index contributed by atoms with van der Waals surface area (Å²) in [5.41, 5.74) is 6.02. The van der Waals surface area contributed by atoms with E-state index < -0.39 is 34.4 Å². The van der Waals surface area contributed by atoms with Crippen LogP contribution in [0.2, 0.25) is 0 Å². The topological polar surface area (TPSA) is 107 Å². The van der Waals surface area contributed by atoms with Gasteiger partial charge in [0.2, 0.25) is 10.0 Å². The van der Waals surface area contributed by atoms with Gasteiger partial charge in [-0.15, -0.1) is 0 Å². The van der Waals surface area contributed by atoms with Crippen LogP contribution in [0.4, 0.5) is 0 Å². The summed E-state index contributed by atoms with van der Waals surface area (Å²) in [6.07, 6.45) is 0.724. The Labute approximate surface area is 148 Å². The van der Waals surface area contributed by atoms with Crippen molar-refractivity contribution in [1.82, 2.24) is 4.31 Å². The maximum Gasteiger partial charge on any atom is 0.309 e. The lowest BCUT2D eigenvalue weighted by Crippen LogP contribution is -2.41. The molecule has 2 N–H and O–H groups in total. The second kappa shape index (κ2) is 7.97. The summed E-state index contributed by atoms with van der Waals surface area (Å²) >= 11 is 0. The first kappa shape index (κ1) is 19.4. The lowest BCUT2D eigenvalue weighted by atomic mass is 9.98. The van der Waals surface area contributed by atoms with Crippen LogP contribution in [0.3, 0.4) is 0 Å². The zero-order chi connectivity index (χ0) is 18.6. The van der Waals surface area contributed by atoms with Crippen molar-refractivity contribution in [2.45, 2.75) is 37.5 Å². The molecule has 1 aliphatic heterocycles. The molecule has 7 nitrogen and oxygen atoms in total. The van der Waals surface area contributed by atoms with Gasteiger partial charge in [0.25, 0.3) is 5.91 Å². The molecular weight excluding hydrogens is 344 g/mol. The van der Waals surface area contributed by atoms with Gasteiger partial charge >= 0.3 is 5.97 Å². The van der Waals surface area contributed by atoms with E-state index in [4.69, 9.17) is 10.5 Å². The van der Waals surface area contributed by atoms with Gasteiger partial charge < -0.3 is 10.5 Å². The number of rotatable bonds is 6. The first-order chi connectivity index (χ1) is 11.7. The normalized spacial score (nSPS) is 16.8. The molecule has 1 aliphatic rings. The highest BCUT2D eigenvalue weighted by Crippen LogP contribution is 2.25. The van der Waals surface area contributed by atoms with Crippen molar-refractivity contribution < 1.29 is 22.7 Å². The smallest absolute Gasteiger partial charge is 0.309 e. The van der Waals surface area contributed by atoms with E-state index in [1.54, 1.807) is 12.1 Å². The van der Waals surface area contributed by atoms with Crippen LogP contribution in [0.5, 0.6) is 0 Å². The fourth-order valence-electron chi connectivity index (χ4n) is 2.77. The first-order valence-electron chi connectivity index (χ1n) is 8.27. The van der Waals surface area contributed by atoms with E-state index in [1.807, 2.05) is 26.0 Å². The Kier molecular flexibility index (Phi) is 6.18. The van der Waals surface area contributed by atoms with Crippen LogP contribution in [-0.4, -0.2) is 44.3 Å². The molecule has 1 saturated heterocycles. The third-order valence-electron chi connectivity index (χ3n) is 4.33. The van der Waals surface area contributed by atoms with Crippen LogP contribution in [0.15, 0.2) is 29.2 Å². The zero-order valence-corrected chi connectivity index (χ0v) is 15.3. The fourth-order valence-corrected chi connectivity index (χ4v) is 4.24. The van der Waals surface area contributed by atoms with E-state index in [1.165, 1.54) is 4.31 Å². The quantitative estimate of drug-likeness (QED) is 0.760. The summed E-state index contributed by atoms with van der Waals surface area (Å²) in [4.78, 5) is 22.7. The Bertz CT molecular complexity index is 720. The molecule has 0 spiro atoms. The molecule has 1 aromatic rings. The number of ether oxygens (including phenoxy) is 1. The molecule has 1 amide bonds. The molecule has 1 heterocycles. The minimum absolute atomic E-state index is 0.241. The van der Waals surface area contributed by atoms with E-state index in [2.05, 4.69) is 0 Å². The molecule has 0 unspecified atom stereocenters. The molecule has 0 saturated carbocycles. The van der Waals surface area contributed by atoms with E-state index in [0.717, 1.165) is 5.56 Å². The summed E-state index contributed by atoms with van der Waals surface area (Å²) in [6.45, 7) is 4.13. The van der Waals surface area contributed by atoms with Gasteiger partial charge in [0.15, 0.2) is 6.61 Å². The van der Waals surface area contributed by atoms with Crippen LogP contribution in [0, 0.1) is 5.92 Å². The third kappa shape index (κ3) is 4.79. The predicted octanol–water partition coefficient (Wildman–Crippen LogP) is 1.24. The number of nitrogens with zero attached hydrogens (tertiary/aromatic N) is 1. The maximum absolute atomic E-state index is 12.7. The molecule has 0 atom stereocenters. The van der Waals surface area contributed by atoms with Gasteiger partial charge in [-0.05, 0) is 36.5 Å². The van der Waals surface area contributed by atoms with Crippen molar-refractivity contribution in [3.05, 3.63) is 29.8 Å². The summed E-state index contributed by atoms with van der Waals surface area (Å²) in [5.74, 6) is -1.29. The van der Waals surface area contributed by atoms with Crippen LogP contribution in [0.25, 0.3) is 0 Å². The summed E-state index contributed by atoms with van der Waals surface area (Å²) in [5, 5.41) is 0. The van der Waals surface area contributed by atoms with Crippen molar-refractivity contribution in [3.63, 3.8) is 0 Å². The lowest BCUT2D eigenvalue weighted by molar-refractivity contribution is -0.153. The molecule has 138 valence electrons. The molecule has 25 heavy (non-hydrogen) atoms. The van der Waals surface area contributed by atoms with Gasteiger partial charge in [-0.3, -0.25) is 9.59 Å². The van der Waals surface area contributed by atoms with E-state index in [0.29, 0.717) is 18.8 Å². The van der Waals surface area contributed by atoms with Gasteiger partial charge in [-0.1, -0.05) is 26.0 Å². The average molecular weight is 368 g/mol. The molecule has 8 heteroatoms. The largest absolute Gasteiger partial charge is 0.455 e. The van der Waals surface area contributed by atoms with Gasteiger partial charge in [0, 0.05) is 13.1 Å². The lowest BCUT2D eigenvalue weighted by Gasteiger charge is -2.30. The number of hydrogen-bond donors (Lipinski definition) is 1. The van der Waals surface area contributed by atoms with Crippen molar-refractivity contribution >= 4 is 21.9 Å². The van der Waals surface area contributed by atoms with Crippen molar-refractivity contribution in [1.29, 1.82) is 0 Å². The van der Waals surface area contributed by atoms with E-state index >= 15 is 0 Å². The minimum atomic E-state index is -3.57. The molecule has 2 rings (SSSR count). The van der Waals surface area contributed by atoms with Crippen molar-refractivity contribution in [3.8, 4) is 0 Å². The highest BCUT2D eigenvalue weighted by Gasteiger charge is 2.32. The standard InChI is InChI=1S/C17H24N2O5S/c1-12(2)13-3-5-15(6-4-13)25(22,23)19-9-7-14(8-10-19)17(21)24-11-16(18)20/h3-6,12,14H,7-11H2,1-2H3,(H2,18,20). The molecule has 1 aromatic carbocycles. The Hall–Kier alpha value is -1.93. The van der Waals surface area contributed by atoms with Gasteiger partial charge in [0.05, 0.1) is 10.8 Å². The highest BCUT2D eigenvalue weighted by molar-refractivity contribution is 7.89. The fraction of sp³-hybridized carbons (Fsp3) is 0.529. The Morgan fingerprint density at radius 1 is 1.20 bits per heavy atom. The number of carbonyl (C=O) groups is 2. The highest BCUT2D eigenvalue weighted by atomic mass is 32.2. The average Bonchev–Trinajstić information content (AvgIpc) is 2.59. The Balaban J connectivity index is 1.99. The summed E-state index contributed by atoms with van der Waals surface area (Å²) in [7, 11) is -3.57. The number of piperidine rings is 1. The summed E-state index contributed by atoms with van der Waals surface area (Å²) in [6, 6.07) is 6.90. The molecule has 1 fully saturated rings. The van der Waals surface area contributed by atoms with E-state index in [-0.39, 0.29) is 18.0 Å². The van der Waals surface area contributed by atoms with Crippen LogP contribution in [-0.2, 0) is 24.3 Å². The number of amides is 1. The number of carbonyl (C=O) groups excluding carboxylic acids is 2. The van der Waals surface area contributed by atoms with Gasteiger partial charge in [-0.2, -0.15) is 4.31 Å². The van der Waals surface area contributed by atoms with Gasteiger partial charge in [-0.25, -0.2) is 8.42 Å². The van der Waals surface area contributed by atoms with E-state index in [9.17, 15) is 18.0 Å². The molecular formula is C17H24N2O5S.